The standard InChI is InChI=1S/C25H26N2O7/c1-32-25(31)17-9-11-18(12-10-17)27-22(28)14-21(24(27)30)26(15-20-8-5-13-33-20)23(29)16-34-19-6-3-2-4-7-19/h2-4,6-7,9-12,20-21H,5,8,13-16H2,1H3. The molecule has 0 N–H and O–H groups in total. The van der Waals surface area contributed by atoms with Gasteiger partial charge in [-0.25, -0.2) is 9.69 Å². The van der Waals surface area contributed by atoms with Crippen molar-refractivity contribution in [2.75, 3.05) is 31.8 Å². The molecule has 0 aromatic heterocycles. The Balaban J connectivity index is 1.52. The van der Waals surface area contributed by atoms with Gasteiger partial charge in [0.05, 0.1) is 30.9 Å². The molecule has 3 amide bonds. The van der Waals surface area contributed by atoms with E-state index in [1.807, 2.05) is 6.07 Å². The molecule has 2 saturated heterocycles. The van der Waals surface area contributed by atoms with Crippen LogP contribution in [0.4, 0.5) is 5.69 Å². The average Bonchev–Trinajstić information content (AvgIpc) is 3.48. The quantitative estimate of drug-likeness (QED) is 0.434. The van der Waals surface area contributed by atoms with E-state index in [2.05, 4.69) is 4.74 Å². The number of imide groups is 1. The Morgan fingerprint density at radius 3 is 2.47 bits per heavy atom. The molecule has 2 heterocycles. The molecular weight excluding hydrogens is 440 g/mol. The van der Waals surface area contributed by atoms with Crippen LogP contribution in [0.1, 0.15) is 29.6 Å². The maximum absolute atomic E-state index is 13.3. The first-order chi connectivity index (χ1) is 16.5. The second kappa shape index (κ2) is 10.5. The highest BCUT2D eigenvalue weighted by Crippen LogP contribution is 2.27. The summed E-state index contributed by atoms with van der Waals surface area (Å²) in [4.78, 5) is 53.4. The van der Waals surface area contributed by atoms with Gasteiger partial charge in [0.2, 0.25) is 5.91 Å². The summed E-state index contributed by atoms with van der Waals surface area (Å²) in [6.45, 7) is 0.543. The van der Waals surface area contributed by atoms with Crippen molar-refractivity contribution in [3.63, 3.8) is 0 Å². The van der Waals surface area contributed by atoms with Crippen LogP contribution in [0.15, 0.2) is 54.6 Å². The van der Waals surface area contributed by atoms with Crippen LogP contribution in [-0.4, -0.2) is 67.6 Å². The lowest BCUT2D eigenvalue weighted by Crippen LogP contribution is -2.50. The van der Waals surface area contributed by atoms with E-state index in [9.17, 15) is 19.2 Å². The number of carbonyl (C=O) groups is 4. The lowest BCUT2D eigenvalue weighted by molar-refractivity contribution is -0.141. The number of anilines is 1. The Morgan fingerprint density at radius 1 is 1.09 bits per heavy atom. The van der Waals surface area contributed by atoms with Crippen LogP contribution in [0.5, 0.6) is 5.75 Å². The zero-order chi connectivity index (χ0) is 24.1. The number of para-hydroxylation sites is 1. The summed E-state index contributed by atoms with van der Waals surface area (Å²) in [5.41, 5.74) is 0.630. The van der Waals surface area contributed by atoms with E-state index in [4.69, 9.17) is 9.47 Å². The lowest BCUT2D eigenvalue weighted by Gasteiger charge is -2.29. The van der Waals surface area contributed by atoms with Gasteiger partial charge in [-0.1, -0.05) is 18.2 Å². The largest absolute Gasteiger partial charge is 0.484 e. The Kier molecular flexibility index (Phi) is 7.22. The molecule has 0 spiro atoms. The number of nitrogens with zero attached hydrogens (tertiary/aromatic N) is 2. The van der Waals surface area contributed by atoms with Gasteiger partial charge in [0.25, 0.3) is 11.8 Å². The molecule has 178 valence electrons. The molecule has 9 nitrogen and oxygen atoms in total. The summed E-state index contributed by atoms with van der Waals surface area (Å²) >= 11 is 0. The summed E-state index contributed by atoms with van der Waals surface area (Å²) in [6, 6.07) is 13.9. The van der Waals surface area contributed by atoms with Crippen molar-refractivity contribution in [2.24, 2.45) is 0 Å². The van der Waals surface area contributed by atoms with Crippen molar-refractivity contribution in [1.82, 2.24) is 4.90 Å². The minimum Gasteiger partial charge on any atom is -0.484 e. The third-order valence-corrected chi connectivity index (χ3v) is 5.90. The van der Waals surface area contributed by atoms with Gasteiger partial charge in [0, 0.05) is 13.2 Å². The van der Waals surface area contributed by atoms with E-state index >= 15 is 0 Å². The summed E-state index contributed by atoms with van der Waals surface area (Å²) in [5, 5.41) is 0. The predicted molar refractivity (Wildman–Crippen MR) is 121 cm³/mol. The zero-order valence-electron chi connectivity index (χ0n) is 18.8. The topological polar surface area (TPSA) is 102 Å². The second-order valence-corrected chi connectivity index (χ2v) is 8.11. The molecule has 2 aliphatic heterocycles. The molecular formula is C25H26N2O7. The normalized spacial score (nSPS) is 19.9. The molecule has 34 heavy (non-hydrogen) atoms. The van der Waals surface area contributed by atoms with Gasteiger partial charge in [-0.05, 0) is 49.2 Å². The fourth-order valence-electron chi connectivity index (χ4n) is 4.15. The number of amides is 3. The Morgan fingerprint density at radius 2 is 1.82 bits per heavy atom. The number of methoxy groups -OCH3 is 1. The number of hydrogen-bond donors (Lipinski definition) is 0. The van der Waals surface area contributed by atoms with E-state index in [1.165, 1.54) is 36.3 Å². The first-order valence-electron chi connectivity index (χ1n) is 11.1. The number of rotatable bonds is 8. The molecule has 2 fully saturated rings. The van der Waals surface area contributed by atoms with Crippen LogP contribution >= 0.6 is 0 Å². The Labute approximate surface area is 197 Å². The Bertz CT molecular complexity index is 1050. The maximum atomic E-state index is 13.3. The number of esters is 1. The molecule has 2 unspecified atom stereocenters. The zero-order valence-corrected chi connectivity index (χ0v) is 18.8. The van der Waals surface area contributed by atoms with Crippen LogP contribution in [0, 0.1) is 0 Å². The molecule has 0 bridgehead atoms. The summed E-state index contributed by atoms with van der Waals surface area (Å²) in [6.07, 6.45) is 1.32. The molecule has 4 rings (SSSR count). The van der Waals surface area contributed by atoms with E-state index in [0.29, 0.717) is 23.6 Å². The minimum atomic E-state index is -0.955. The van der Waals surface area contributed by atoms with Crippen molar-refractivity contribution in [3.8, 4) is 5.75 Å². The van der Waals surface area contributed by atoms with Crippen LogP contribution < -0.4 is 9.64 Å². The van der Waals surface area contributed by atoms with E-state index in [-0.39, 0.29) is 25.7 Å². The number of hydrogen-bond acceptors (Lipinski definition) is 7. The van der Waals surface area contributed by atoms with Crippen LogP contribution in [0.25, 0.3) is 0 Å². The fraction of sp³-hybridized carbons (Fsp3) is 0.360. The first kappa shape index (κ1) is 23.4. The smallest absolute Gasteiger partial charge is 0.337 e. The number of benzene rings is 2. The van der Waals surface area contributed by atoms with Crippen LogP contribution in [-0.2, 0) is 23.9 Å². The molecule has 2 aromatic carbocycles. The monoisotopic (exact) mass is 466 g/mol. The molecule has 0 saturated carbocycles. The summed E-state index contributed by atoms with van der Waals surface area (Å²) in [7, 11) is 1.27. The highest BCUT2D eigenvalue weighted by Gasteiger charge is 2.45. The Hall–Kier alpha value is -3.72. The third kappa shape index (κ3) is 5.09. The van der Waals surface area contributed by atoms with Gasteiger partial charge in [-0.2, -0.15) is 0 Å². The third-order valence-electron chi connectivity index (χ3n) is 5.90. The van der Waals surface area contributed by atoms with E-state index < -0.39 is 29.7 Å². The predicted octanol–water partition coefficient (Wildman–Crippen LogP) is 2.19. The SMILES string of the molecule is COC(=O)c1ccc(N2C(=O)CC(N(CC3CCCO3)C(=O)COc3ccccc3)C2=O)cc1. The maximum Gasteiger partial charge on any atom is 0.337 e. The second-order valence-electron chi connectivity index (χ2n) is 8.11. The summed E-state index contributed by atoms with van der Waals surface area (Å²) < 4.78 is 16.0. The molecule has 2 aliphatic rings. The van der Waals surface area contributed by atoms with Gasteiger partial charge < -0.3 is 19.1 Å². The summed E-state index contributed by atoms with van der Waals surface area (Å²) in [5.74, 6) is -1.30. The van der Waals surface area contributed by atoms with Gasteiger partial charge in [0.15, 0.2) is 6.61 Å². The van der Waals surface area contributed by atoms with E-state index in [1.54, 1.807) is 24.3 Å². The van der Waals surface area contributed by atoms with Crippen molar-refractivity contribution >= 4 is 29.4 Å². The number of ether oxygens (including phenoxy) is 3. The highest BCUT2D eigenvalue weighted by atomic mass is 16.5. The highest BCUT2D eigenvalue weighted by molar-refractivity contribution is 6.23. The van der Waals surface area contributed by atoms with Crippen molar-refractivity contribution < 1.29 is 33.4 Å². The van der Waals surface area contributed by atoms with E-state index in [0.717, 1.165) is 17.7 Å². The first-order valence-corrected chi connectivity index (χ1v) is 11.1. The van der Waals surface area contributed by atoms with Crippen LogP contribution in [0.3, 0.4) is 0 Å². The van der Waals surface area contributed by atoms with Crippen molar-refractivity contribution in [2.45, 2.75) is 31.4 Å². The van der Waals surface area contributed by atoms with Gasteiger partial charge >= 0.3 is 5.97 Å². The van der Waals surface area contributed by atoms with Gasteiger partial charge in [0.1, 0.15) is 11.8 Å². The molecule has 0 radical (unpaired) electrons. The number of carbonyl (C=O) groups excluding carboxylic acids is 4. The minimum absolute atomic E-state index is 0.138. The van der Waals surface area contributed by atoms with Crippen LogP contribution in [0.2, 0.25) is 0 Å². The molecule has 9 heteroatoms. The molecule has 2 atom stereocenters. The van der Waals surface area contributed by atoms with Gasteiger partial charge in [-0.3, -0.25) is 14.4 Å². The average molecular weight is 466 g/mol. The molecule has 0 aliphatic carbocycles. The lowest BCUT2D eigenvalue weighted by atomic mass is 10.1. The van der Waals surface area contributed by atoms with Crippen molar-refractivity contribution in [1.29, 1.82) is 0 Å². The van der Waals surface area contributed by atoms with Crippen molar-refractivity contribution in [3.05, 3.63) is 60.2 Å². The molecule has 2 aromatic rings. The fourth-order valence-corrected chi connectivity index (χ4v) is 4.15. The van der Waals surface area contributed by atoms with Gasteiger partial charge in [-0.15, -0.1) is 0 Å².